The van der Waals surface area contributed by atoms with Crippen LogP contribution in [0.4, 0.5) is 0 Å². The van der Waals surface area contributed by atoms with Crippen molar-refractivity contribution in [2.75, 3.05) is 5.75 Å². The molecular weight excluding hydrogens is 356 g/mol. The van der Waals surface area contributed by atoms with Crippen LogP contribution in [0, 0.1) is 25.2 Å². The number of thiophene rings is 1. The van der Waals surface area contributed by atoms with Crippen LogP contribution in [0.1, 0.15) is 41.9 Å². The molecule has 1 fully saturated rings. The zero-order chi connectivity index (χ0) is 18.0. The third kappa shape index (κ3) is 3.72. The fraction of sp³-hybridized carbons (Fsp3) is 0.529. The van der Waals surface area contributed by atoms with Gasteiger partial charge in [-0.3, -0.25) is 9.59 Å². The number of nitrogens with one attached hydrogen (secondary N) is 2. The Balaban J connectivity index is 1.61. The standard InChI is InChI=1S/C17H20N4O2S2/c1-10-11(2)25-16-14(10)15(23)19-12(20-16)7-24-8-13(22)21-17(9-18)5-3-4-6-17/h3-8H2,1-2H3,(H,21,22)(H,19,20,23). The normalized spacial score (nSPS) is 16.0. The minimum Gasteiger partial charge on any atom is -0.337 e. The minimum atomic E-state index is -0.685. The maximum absolute atomic E-state index is 12.2. The fourth-order valence-corrected chi connectivity index (χ4v) is 4.89. The van der Waals surface area contributed by atoms with Crippen LogP contribution in [-0.2, 0) is 10.5 Å². The molecule has 0 radical (unpaired) electrons. The number of rotatable bonds is 5. The van der Waals surface area contributed by atoms with Crippen LogP contribution in [0.2, 0.25) is 0 Å². The van der Waals surface area contributed by atoms with Crippen molar-refractivity contribution >= 4 is 39.2 Å². The molecule has 2 heterocycles. The molecule has 1 saturated carbocycles. The molecule has 2 aromatic rings. The zero-order valence-corrected chi connectivity index (χ0v) is 15.9. The fourth-order valence-electron chi connectivity index (χ4n) is 3.15. The lowest BCUT2D eigenvalue weighted by Gasteiger charge is -2.21. The van der Waals surface area contributed by atoms with E-state index in [-0.39, 0.29) is 17.2 Å². The number of aromatic amines is 1. The molecule has 2 aromatic heterocycles. The number of thioether (sulfide) groups is 1. The van der Waals surface area contributed by atoms with Crippen molar-refractivity contribution in [3.05, 3.63) is 26.6 Å². The van der Waals surface area contributed by atoms with E-state index in [0.717, 1.165) is 41.0 Å². The number of amides is 1. The second-order valence-corrected chi connectivity index (χ2v) is 8.61. The van der Waals surface area contributed by atoms with Crippen molar-refractivity contribution < 1.29 is 4.79 Å². The zero-order valence-electron chi connectivity index (χ0n) is 14.3. The lowest BCUT2D eigenvalue weighted by molar-refractivity contribution is -0.119. The first-order valence-electron chi connectivity index (χ1n) is 8.23. The van der Waals surface area contributed by atoms with Crippen molar-refractivity contribution in [1.82, 2.24) is 15.3 Å². The van der Waals surface area contributed by atoms with Crippen LogP contribution in [-0.4, -0.2) is 27.2 Å². The van der Waals surface area contributed by atoms with E-state index in [0.29, 0.717) is 17.0 Å². The van der Waals surface area contributed by atoms with E-state index in [9.17, 15) is 14.9 Å². The van der Waals surface area contributed by atoms with E-state index in [2.05, 4.69) is 21.4 Å². The number of carbonyl (C=O) groups excluding carboxylic acids is 1. The van der Waals surface area contributed by atoms with Gasteiger partial charge in [-0.05, 0) is 45.1 Å². The molecule has 6 nitrogen and oxygen atoms in total. The average molecular weight is 377 g/mol. The Bertz CT molecular complexity index is 904. The number of nitrogens with zero attached hydrogens (tertiary/aromatic N) is 2. The second-order valence-electron chi connectivity index (χ2n) is 6.42. The smallest absolute Gasteiger partial charge is 0.259 e. The van der Waals surface area contributed by atoms with Gasteiger partial charge < -0.3 is 10.3 Å². The Hall–Kier alpha value is -1.85. The van der Waals surface area contributed by atoms with Crippen LogP contribution < -0.4 is 10.9 Å². The van der Waals surface area contributed by atoms with Gasteiger partial charge in [-0.1, -0.05) is 0 Å². The van der Waals surface area contributed by atoms with Crippen LogP contribution in [0.3, 0.4) is 0 Å². The van der Waals surface area contributed by atoms with Gasteiger partial charge in [0.25, 0.3) is 5.56 Å². The molecule has 0 spiro atoms. The maximum Gasteiger partial charge on any atom is 0.259 e. The summed E-state index contributed by atoms with van der Waals surface area (Å²) in [5.41, 5.74) is 0.168. The van der Waals surface area contributed by atoms with Gasteiger partial charge in [-0.25, -0.2) is 4.98 Å². The molecule has 1 amide bonds. The Kier molecular flexibility index (Phi) is 5.16. The van der Waals surface area contributed by atoms with Crippen molar-refractivity contribution in [3.8, 4) is 6.07 Å². The summed E-state index contributed by atoms with van der Waals surface area (Å²) in [4.78, 5) is 33.5. The quantitative estimate of drug-likeness (QED) is 0.836. The van der Waals surface area contributed by atoms with Crippen molar-refractivity contribution in [1.29, 1.82) is 5.26 Å². The number of carbonyl (C=O) groups is 1. The number of hydrogen-bond acceptors (Lipinski definition) is 6. The predicted molar refractivity (Wildman–Crippen MR) is 101 cm³/mol. The summed E-state index contributed by atoms with van der Waals surface area (Å²) in [6.45, 7) is 3.91. The predicted octanol–water partition coefficient (Wildman–Crippen LogP) is 2.79. The van der Waals surface area contributed by atoms with Crippen molar-refractivity contribution in [3.63, 3.8) is 0 Å². The van der Waals surface area contributed by atoms with Gasteiger partial charge in [-0.2, -0.15) is 5.26 Å². The van der Waals surface area contributed by atoms with E-state index < -0.39 is 5.54 Å². The molecule has 132 valence electrons. The first-order valence-corrected chi connectivity index (χ1v) is 10.2. The molecule has 2 N–H and O–H groups in total. The highest BCUT2D eigenvalue weighted by Crippen LogP contribution is 2.29. The second kappa shape index (κ2) is 7.18. The third-order valence-electron chi connectivity index (χ3n) is 4.61. The molecule has 1 aliphatic carbocycles. The van der Waals surface area contributed by atoms with Gasteiger partial charge in [0.1, 0.15) is 16.2 Å². The molecule has 0 unspecified atom stereocenters. The SMILES string of the molecule is Cc1sc2nc(CSCC(=O)NC3(C#N)CCCC3)[nH]c(=O)c2c1C. The molecule has 3 rings (SSSR count). The molecule has 8 heteroatoms. The number of aryl methyl sites for hydroxylation is 2. The molecule has 1 aliphatic rings. The van der Waals surface area contributed by atoms with Gasteiger partial charge in [0.05, 0.1) is 23.0 Å². The maximum atomic E-state index is 12.2. The highest BCUT2D eigenvalue weighted by molar-refractivity contribution is 7.99. The molecule has 0 bridgehead atoms. The Labute approximate surface area is 154 Å². The van der Waals surface area contributed by atoms with Gasteiger partial charge in [0, 0.05) is 4.88 Å². The molecule has 0 aromatic carbocycles. The van der Waals surface area contributed by atoms with Crippen LogP contribution >= 0.6 is 23.1 Å². The summed E-state index contributed by atoms with van der Waals surface area (Å²) in [6, 6.07) is 2.25. The molecule has 25 heavy (non-hydrogen) atoms. The van der Waals surface area contributed by atoms with E-state index >= 15 is 0 Å². The molecular formula is C17H20N4O2S2. The van der Waals surface area contributed by atoms with Crippen LogP contribution in [0.5, 0.6) is 0 Å². The Morgan fingerprint density at radius 2 is 2.16 bits per heavy atom. The number of H-pyrrole nitrogens is 1. The highest BCUT2D eigenvalue weighted by atomic mass is 32.2. The number of fused-ring (bicyclic) bond motifs is 1. The molecule has 0 aliphatic heterocycles. The lowest BCUT2D eigenvalue weighted by Crippen LogP contribution is -2.45. The van der Waals surface area contributed by atoms with E-state index in [1.54, 1.807) is 0 Å². The largest absolute Gasteiger partial charge is 0.337 e. The van der Waals surface area contributed by atoms with E-state index in [1.807, 2.05) is 13.8 Å². The monoisotopic (exact) mass is 376 g/mol. The summed E-state index contributed by atoms with van der Waals surface area (Å²) in [5.74, 6) is 1.13. The first kappa shape index (κ1) is 18.0. The lowest BCUT2D eigenvalue weighted by atomic mass is 10.0. The first-order chi connectivity index (χ1) is 11.9. The van der Waals surface area contributed by atoms with Gasteiger partial charge in [0.15, 0.2) is 0 Å². The summed E-state index contributed by atoms with van der Waals surface area (Å²) in [7, 11) is 0. The number of hydrogen-bond donors (Lipinski definition) is 2. The summed E-state index contributed by atoms with van der Waals surface area (Å²) in [6.07, 6.45) is 3.41. The molecule has 0 atom stereocenters. The highest BCUT2D eigenvalue weighted by Gasteiger charge is 2.35. The van der Waals surface area contributed by atoms with Crippen LogP contribution in [0.25, 0.3) is 10.2 Å². The molecule has 0 saturated heterocycles. The minimum absolute atomic E-state index is 0.124. The van der Waals surface area contributed by atoms with Gasteiger partial charge in [0.2, 0.25) is 5.91 Å². The van der Waals surface area contributed by atoms with Gasteiger partial charge >= 0.3 is 0 Å². The number of aromatic nitrogens is 2. The average Bonchev–Trinajstić information content (AvgIpc) is 3.13. The van der Waals surface area contributed by atoms with Crippen molar-refractivity contribution in [2.24, 2.45) is 0 Å². The topological polar surface area (TPSA) is 98.6 Å². The third-order valence-corrected chi connectivity index (χ3v) is 6.65. The summed E-state index contributed by atoms with van der Waals surface area (Å²) in [5, 5.41) is 12.8. The van der Waals surface area contributed by atoms with E-state index in [4.69, 9.17) is 0 Å². The van der Waals surface area contributed by atoms with E-state index in [1.165, 1.54) is 23.1 Å². The Morgan fingerprint density at radius 1 is 1.44 bits per heavy atom. The van der Waals surface area contributed by atoms with Crippen LogP contribution in [0.15, 0.2) is 4.79 Å². The summed E-state index contributed by atoms with van der Waals surface area (Å²) < 4.78 is 0. The Morgan fingerprint density at radius 3 is 2.84 bits per heavy atom. The van der Waals surface area contributed by atoms with Crippen molar-refractivity contribution in [2.45, 2.75) is 50.8 Å². The number of nitriles is 1. The van der Waals surface area contributed by atoms with Gasteiger partial charge in [-0.15, -0.1) is 23.1 Å². The summed E-state index contributed by atoms with van der Waals surface area (Å²) >= 11 is 2.90.